The normalized spacial score (nSPS) is 21.3. The maximum absolute atomic E-state index is 12.1. The third kappa shape index (κ3) is 5.28. The minimum absolute atomic E-state index is 0.136. The van der Waals surface area contributed by atoms with Crippen molar-refractivity contribution in [3.05, 3.63) is 0 Å². The minimum atomic E-state index is 0.136. The Balaban J connectivity index is 1.65. The van der Waals surface area contributed by atoms with E-state index in [4.69, 9.17) is 0 Å². The molecule has 0 atom stereocenters. The smallest absolute Gasteiger partial charge is 0.236 e. The molecule has 0 aromatic heterocycles. The third-order valence-electron chi connectivity index (χ3n) is 4.39. The molecule has 1 saturated heterocycles. The molecule has 6 nitrogen and oxygen atoms in total. The first-order valence-electron chi connectivity index (χ1n) is 8.13. The molecular formula is C15H28N4O2. The Morgan fingerprint density at radius 2 is 1.71 bits per heavy atom. The van der Waals surface area contributed by atoms with E-state index in [1.54, 1.807) is 7.05 Å². The van der Waals surface area contributed by atoms with E-state index in [0.29, 0.717) is 19.1 Å². The first kappa shape index (κ1) is 16.2. The summed E-state index contributed by atoms with van der Waals surface area (Å²) in [5, 5.41) is 6.03. The van der Waals surface area contributed by atoms with Gasteiger partial charge in [0.1, 0.15) is 0 Å². The summed E-state index contributed by atoms with van der Waals surface area (Å²) >= 11 is 0. The average molecular weight is 296 g/mol. The van der Waals surface area contributed by atoms with Crippen LogP contribution in [0.1, 0.15) is 32.1 Å². The van der Waals surface area contributed by atoms with Crippen LogP contribution in [0.25, 0.3) is 0 Å². The van der Waals surface area contributed by atoms with E-state index >= 15 is 0 Å². The molecular weight excluding hydrogens is 268 g/mol. The van der Waals surface area contributed by atoms with Crippen LogP contribution in [0.3, 0.4) is 0 Å². The van der Waals surface area contributed by atoms with Gasteiger partial charge < -0.3 is 15.5 Å². The largest absolute Gasteiger partial charge is 0.352 e. The number of hydrogen-bond donors (Lipinski definition) is 2. The van der Waals surface area contributed by atoms with Crippen LogP contribution in [0, 0.1) is 0 Å². The van der Waals surface area contributed by atoms with Gasteiger partial charge in [0.2, 0.25) is 11.8 Å². The molecule has 0 radical (unpaired) electrons. The van der Waals surface area contributed by atoms with Crippen molar-refractivity contribution in [2.45, 2.75) is 38.1 Å². The summed E-state index contributed by atoms with van der Waals surface area (Å²) in [6, 6.07) is 0.379. The second kappa shape index (κ2) is 8.34. The van der Waals surface area contributed by atoms with Gasteiger partial charge in [-0.3, -0.25) is 14.5 Å². The highest BCUT2D eigenvalue weighted by molar-refractivity contribution is 5.79. The second-order valence-electron chi connectivity index (χ2n) is 6.09. The zero-order valence-electron chi connectivity index (χ0n) is 13.1. The van der Waals surface area contributed by atoms with Crippen molar-refractivity contribution in [2.24, 2.45) is 0 Å². The Kier molecular flexibility index (Phi) is 6.45. The van der Waals surface area contributed by atoms with E-state index in [1.165, 1.54) is 19.3 Å². The summed E-state index contributed by atoms with van der Waals surface area (Å²) in [6.07, 6.45) is 6.01. The summed E-state index contributed by atoms with van der Waals surface area (Å²) in [4.78, 5) is 27.8. The highest BCUT2D eigenvalue weighted by Gasteiger charge is 2.23. The maximum Gasteiger partial charge on any atom is 0.236 e. The Morgan fingerprint density at radius 3 is 2.33 bits per heavy atom. The first-order valence-corrected chi connectivity index (χ1v) is 8.13. The van der Waals surface area contributed by atoms with Crippen LogP contribution < -0.4 is 10.6 Å². The topological polar surface area (TPSA) is 64.7 Å². The van der Waals surface area contributed by atoms with Gasteiger partial charge in [0, 0.05) is 32.2 Å². The Labute approximate surface area is 127 Å². The van der Waals surface area contributed by atoms with Crippen molar-refractivity contribution in [3.8, 4) is 0 Å². The van der Waals surface area contributed by atoms with Gasteiger partial charge in [0.25, 0.3) is 0 Å². The molecule has 2 amide bonds. The monoisotopic (exact) mass is 296 g/mol. The van der Waals surface area contributed by atoms with Crippen LogP contribution in [0.2, 0.25) is 0 Å². The van der Waals surface area contributed by atoms with Gasteiger partial charge in [0.15, 0.2) is 0 Å². The quantitative estimate of drug-likeness (QED) is 0.737. The lowest BCUT2D eigenvalue weighted by Crippen LogP contribution is -2.53. The standard InChI is InChI=1S/C15H28N4O2/c1-16-11-15(21)19-9-7-18(8-10-19)12-14(20)17-13-5-3-2-4-6-13/h13,16H,2-12H2,1H3,(H,17,20). The molecule has 21 heavy (non-hydrogen) atoms. The summed E-state index contributed by atoms with van der Waals surface area (Å²) in [5.74, 6) is 0.278. The number of nitrogens with zero attached hydrogens (tertiary/aromatic N) is 2. The second-order valence-corrected chi connectivity index (χ2v) is 6.09. The van der Waals surface area contributed by atoms with Crippen LogP contribution in [-0.2, 0) is 9.59 Å². The number of likely N-dealkylation sites (N-methyl/N-ethyl adjacent to an activating group) is 1. The fourth-order valence-electron chi connectivity index (χ4n) is 3.14. The minimum Gasteiger partial charge on any atom is -0.352 e. The molecule has 1 saturated carbocycles. The van der Waals surface area contributed by atoms with Crippen LogP contribution in [-0.4, -0.2) is 74.0 Å². The SMILES string of the molecule is CNCC(=O)N1CCN(CC(=O)NC2CCCCC2)CC1. The highest BCUT2D eigenvalue weighted by Crippen LogP contribution is 2.17. The molecule has 1 aliphatic carbocycles. The molecule has 1 aliphatic heterocycles. The fourth-order valence-corrected chi connectivity index (χ4v) is 3.14. The molecule has 2 aliphatic rings. The van der Waals surface area contributed by atoms with Crippen molar-refractivity contribution in [1.82, 2.24) is 20.4 Å². The molecule has 1 heterocycles. The zero-order valence-corrected chi connectivity index (χ0v) is 13.1. The molecule has 6 heteroatoms. The van der Waals surface area contributed by atoms with Gasteiger partial charge in [-0.2, -0.15) is 0 Å². The molecule has 2 rings (SSSR count). The lowest BCUT2D eigenvalue weighted by Gasteiger charge is -2.34. The van der Waals surface area contributed by atoms with E-state index in [1.807, 2.05) is 4.90 Å². The third-order valence-corrected chi connectivity index (χ3v) is 4.39. The highest BCUT2D eigenvalue weighted by atomic mass is 16.2. The van der Waals surface area contributed by atoms with E-state index < -0.39 is 0 Å². The van der Waals surface area contributed by atoms with Crippen molar-refractivity contribution in [3.63, 3.8) is 0 Å². The van der Waals surface area contributed by atoms with Crippen LogP contribution in [0.15, 0.2) is 0 Å². The van der Waals surface area contributed by atoms with E-state index in [9.17, 15) is 9.59 Å². The molecule has 0 bridgehead atoms. The van der Waals surface area contributed by atoms with Gasteiger partial charge in [-0.1, -0.05) is 19.3 Å². The van der Waals surface area contributed by atoms with Crippen LogP contribution in [0.4, 0.5) is 0 Å². The summed E-state index contributed by atoms with van der Waals surface area (Å²) in [7, 11) is 1.78. The van der Waals surface area contributed by atoms with E-state index in [0.717, 1.165) is 39.0 Å². The number of amides is 2. The zero-order chi connectivity index (χ0) is 15.1. The first-order chi connectivity index (χ1) is 10.2. The Bertz CT molecular complexity index is 348. The van der Waals surface area contributed by atoms with E-state index in [-0.39, 0.29) is 11.8 Å². The molecule has 0 spiro atoms. The predicted octanol–water partition coefficient (Wildman–Crippen LogP) is -0.201. The fraction of sp³-hybridized carbons (Fsp3) is 0.867. The Hall–Kier alpha value is -1.14. The number of carbonyl (C=O) groups is 2. The molecule has 0 aromatic rings. The van der Waals surface area contributed by atoms with Crippen molar-refractivity contribution < 1.29 is 9.59 Å². The van der Waals surface area contributed by atoms with Gasteiger partial charge in [-0.05, 0) is 19.9 Å². The van der Waals surface area contributed by atoms with Gasteiger partial charge >= 0.3 is 0 Å². The predicted molar refractivity (Wildman–Crippen MR) is 82.0 cm³/mol. The van der Waals surface area contributed by atoms with E-state index in [2.05, 4.69) is 15.5 Å². The average Bonchev–Trinajstić information content (AvgIpc) is 2.49. The molecule has 120 valence electrons. The maximum atomic E-state index is 12.1. The van der Waals surface area contributed by atoms with Crippen molar-refractivity contribution >= 4 is 11.8 Å². The number of nitrogens with one attached hydrogen (secondary N) is 2. The molecule has 0 unspecified atom stereocenters. The van der Waals surface area contributed by atoms with Gasteiger partial charge in [-0.25, -0.2) is 0 Å². The van der Waals surface area contributed by atoms with Gasteiger partial charge in [-0.15, -0.1) is 0 Å². The lowest BCUT2D eigenvalue weighted by atomic mass is 9.95. The molecule has 0 aromatic carbocycles. The molecule has 2 N–H and O–H groups in total. The lowest BCUT2D eigenvalue weighted by molar-refractivity contribution is -0.132. The Morgan fingerprint density at radius 1 is 1.05 bits per heavy atom. The summed E-state index contributed by atoms with van der Waals surface area (Å²) in [5.41, 5.74) is 0. The summed E-state index contributed by atoms with van der Waals surface area (Å²) < 4.78 is 0. The van der Waals surface area contributed by atoms with Crippen molar-refractivity contribution in [2.75, 3.05) is 46.3 Å². The number of hydrogen-bond acceptors (Lipinski definition) is 4. The number of rotatable bonds is 5. The van der Waals surface area contributed by atoms with Crippen molar-refractivity contribution in [1.29, 1.82) is 0 Å². The number of piperazine rings is 1. The summed E-state index contributed by atoms with van der Waals surface area (Å²) in [6.45, 7) is 3.86. The van der Waals surface area contributed by atoms with Crippen LogP contribution >= 0.6 is 0 Å². The van der Waals surface area contributed by atoms with Gasteiger partial charge in [0.05, 0.1) is 13.1 Å². The molecule has 2 fully saturated rings. The number of carbonyl (C=O) groups excluding carboxylic acids is 2. The van der Waals surface area contributed by atoms with Crippen LogP contribution in [0.5, 0.6) is 0 Å².